The number of nitrogens with one attached hydrogen (secondary N) is 1. The minimum atomic E-state index is -0.258. The van der Waals surface area contributed by atoms with Crippen LogP contribution in [0, 0.1) is 12.7 Å². The molecule has 0 fully saturated rings. The second-order valence-electron chi connectivity index (χ2n) is 4.10. The summed E-state index contributed by atoms with van der Waals surface area (Å²) in [4.78, 5) is 0. The van der Waals surface area contributed by atoms with Crippen molar-refractivity contribution in [2.24, 2.45) is 5.73 Å². The molecule has 1 heterocycles. The Morgan fingerprint density at radius 2 is 2.17 bits per heavy atom. The molecule has 0 bridgehead atoms. The van der Waals surface area contributed by atoms with Crippen molar-refractivity contribution in [1.29, 1.82) is 0 Å². The lowest BCUT2D eigenvalue weighted by Crippen LogP contribution is -2.05. The van der Waals surface area contributed by atoms with Gasteiger partial charge in [-0.3, -0.25) is 0 Å². The predicted molar refractivity (Wildman–Crippen MR) is 68.4 cm³/mol. The number of rotatable bonds is 4. The number of hydrogen-bond acceptors (Lipinski definition) is 4. The molecule has 1 aromatic heterocycles. The summed E-state index contributed by atoms with van der Waals surface area (Å²) < 4.78 is 13.7. The van der Waals surface area contributed by atoms with E-state index in [0.717, 1.165) is 11.1 Å². The SMILES string of the molecule is Cc1cnnc(NCc2ccc(CN)cc2F)c1. The third-order valence-corrected chi connectivity index (χ3v) is 2.60. The maximum atomic E-state index is 13.7. The number of halogens is 1. The van der Waals surface area contributed by atoms with E-state index < -0.39 is 0 Å². The summed E-state index contributed by atoms with van der Waals surface area (Å²) in [5.41, 5.74) is 7.82. The molecule has 3 N–H and O–H groups in total. The Morgan fingerprint density at radius 3 is 2.83 bits per heavy atom. The first-order valence-electron chi connectivity index (χ1n) is 5.69. The van der Waals surface area contributed by atoms with Crippen molar-refractivity contribution in [3.63, 3.8) is 0 Å². The molecule has 0 spiro atoms. The number of aryl methyl sites for hydroxylation is 1. The van der Waals surface area contributed by atoms with Crippen LogP contribution < -0.4 is 11.1 Å². The molecule has 2 aromatic rings. The van der Waals surface area contributed by atoms with E-state index in [1.807, 2.05) is 19.1 Å². The minimum Gasteiger partial charge on any atom is -0.364 e. The van der Waals surface area contributed by atoms with Gasteiger partial charge >= 0.3 is 0 Å². The van der Waals surface area contributed by atoms with Crippen LogP contribution in [0.3, 0.4) is 0 Å². The maximum absolute atomic E-state index is 13.7. The molecule has 18 heavy (non-hydrogen) atoms. The predicted octanol–water partition coefficient (Wildman–Crippen LogP) is 1.99. The van der Waals surface area contributed by atoms with E-state index in [0.29, 0.717) is 24.5 Å². The van der Waals surface area contributed by atoms with Crippen LogP contribution in [0.25, 0.3) is 0 Å². The molecule has 0 unspecified atom stereocenters. The van der Waals surface area contributed by atoms with E-state index in [1.54, 1.807) is 12.3 Å². The number of nitrogens with zero attached hydrogens (tertiary/aromatic N) is 2. The lowest BCUT2D eigenvalue weighted by atomic mass is 10.1. The van der Waals surface area contributed by atoms with Crippen LogP contribution in [-0.2, 0) is 13.1 Å². The van der Waals surface area contributed by atoms with E-state index in [4.69, 9.17) is 5.73 Å². The Hall–Kier alpha value is -2.01. The van der Waals surface area contributed by atoms with Crippen LogP contribution in [0.2, 0.25) is 0 Å². The van der Waals surface area contributed by atoms with Gasteiger partial charge in [-0.15, -0.1) is 5.10 Å². The quantitative estimate of drug-likeness (QED) is 0.866. The van der Waals surface area contributed by atoms with Crippen molar-refractivity contribution in [3.8, 4) is 0 Å². The molecular weight excluding hydrogens is 231 g/mol. The Morgan fingerprint density at radius 1 is 1.33 bits per heavy atom. The first-order valence-corrected chi connectivity index (χ1v) is 5.69. The first-order chi connectivity index (χ1) is 8.69. The fourth-order valence-electron chi connectivity index (χ4n) is 1.60. The minimum absolute atomic E-state index is 0.258. The molecule has 0 aliphatic carbocycles. The number of anilines is 1. The maximum Gasteiger partial charge on any atom is 0.149 e. The third-order valence-electron chi connectivity index (χ3n) is 2.60. The summed E-state index contributed by atoms with van der Waals surface area (Å²) in [7, 11) is 0. The summed E-state index contributed by atoms with van der Waals surface area (Å²) in [6.45, 7) is 2.64. The zero-order chi connectivity index (χ0) is 13.0. The van der Waals surface area contributed by atoms with Crippen LogP contribution in [0.4, 0.5) is 10.2 Å². The summed E-state index contributed by atoms with van der Waals surface area (Å²) in [5, 5.41) is 10.8. The molecule has 5 heteroatoms. The Balaban J connectivity index is 2.06. The van der Waals surface area contributed by atoms with Crippen LogP contribution in [0.5, 0.6) is 0 Å². The molecule has 0 aliphatic rings. The van der Waals surface area contributed by atoms with E-state index in [1.165, 1.54) is 6.07 Å². The smallest absolute Gasteiger partial charge is 0.149 e. The van der Waals surface area contributed by atoms with Gasteiger partial charge in [0.15, 0.2) is 0 Å². The van der Waals surface area contributed by atoms with Crippen LogP contribution in [0.1, 0.15) is 16.7 Å². The van der Waals surface area contributed by atoms with Crippen LogP contribution in [-0.4, -0.2) is 10.2 Å². The summed E-state index contributed by atoms with van der Waals surface area (Å²) in [6, 6.07) is 6.87. The third kappa shape index (κ3) is 3.01. The average molecular weight is 246 g/mol. The van der Waals surface area contributed by atoms with Crippen LogP contribution in [0.15, 0.2) is 30.5 Å². The molecule has 0 saturated heterocycles. The number of hydrogen-bond donors (Lipinski definition) is 2. The largest absolute Gasteiger partial charge is 0.364 e. The fraction of sp³-hybridized carbons (Fsp3) is 0.231. The molecular formula is C13H15FN4. The van der Waals surface area contributed by atoms with Gasteiger partial charge in [-0.2, -0.15) is 5.10 Å². The van der Waals surface area contributed by atoms with Crippen molar-refractivity contribution in [1.82, 2.24) is 10.2 Å². The van der Waals surface area contributed by atoms with Crippen molar-refractivity contribution in [3.05, 3.63) is 53.0 Å². The Bertz CT molecular complexity index is 542. The highest BCUT2D eigenvalue weighted by Crippen LogP contribution is 2.12. The summed E-state index contributed by atoms with van der Waals surface area (Å²) in [6.07, 6.45) is 1.67. The lowest BCUT2D eigenvalue weighted by molar-refractivity contribution is 0.610. The monoisotopic (exact) mass is 246 g/mol. The van der Waals surface area contributed by atoms with Gasteiger partial charge in [0.25, 0.3) is 0 Å². The van der Waals surface area contributed by atoms with E-state index in [9.17, 15) is 4.39 Å². The second-order valence-corrected chi connectivity index (χ2v) is 4.10. The highest BCUT2D eigenvalue weighted by Gasteiger charge is 2.03. The van der Waals surface area contributed by atoms with Gasteiger partial charge in [0.2, 0.25) is 0 Å². The zero-order valence-electron chi connectivity index (χ0n) is 10.2. The fourth-order valence-corrected chi connectivity index (χ4v) is 1.60. The normalized spacial score (nSPS) is 10.4. The summed E-state index contributed by atoms with van der Waals surface area (Å²) >= 11 is 0. The summed E-state index contributed by atoms with van der Waals surface area (Å²) in [5.74, 6) is 0.378. The first kappa shape index (κ1) is 12.4. The van der Waals surface area contributed by atoms with Gasteiger partial charge in [0.1, 0.15) is 11.6 Å². The highest BCUT2D eigenvalue weighted by molar-refractivity contribution is 5.37. The Labute approximate surface area is 105 Å². The molecule has 0 saturated carbocycles. The van der Waals surface area contributed by atoms with E-state index in [2.05, 4.69) is 15.5 Å². The molecule has 0 aliphatic heterocycles. The topological polar surface area (TPSA) is 63.8 Å². The number of aromatic nitrogens is 2. The van der Waals surface area contributed by atoms with Gasteiger partial charge in [0.05, 0.1) is 6.20 Å². The molecule has 94 valence electrons. The highest BCUT2D eigenvalue weighted by atomic mass is 19.1. The second kappa shape index (κ2) is 5.55. The average Bonchev–Trinajstić information content (AvgIpc) is 2.37. The number of nitrogens with two attached hydrogens (primary N) is 1. The standard InChI is InChI=1S/C13H15FN4/c1-9-4-13(18-17-7-9)16-8-11-3-2-10(6-15)5-12(11)14/h2-5,7H,6,8,15H2,1H3,(H,16,18). The lowest BCUT2D eigenvalue weighted by Gasteiger charge is -2.07. The van der Waals surface area contributed by atoms with Gasteiger partial charge in [-0.1, -0.05) is 12.1 Å². The van der Waals surface area contributed by atoms with Crippen LogP contribution >= 0.6 is 0 Å². The van der Waals surface area contributed by atoms with Crippen molar-refractivity contribution in [2.45, 2.75) is 20.0 Å². The molecule has 2 rings (SSSR count). The zero-order valence-corrected chi connectivity index (χ0v) is 10.2. The Kier molecular flexibility index (Phi) is 3.84. The molecule has 1 aromatic carbocycles. The van der Waals surface area contributed by atoms with E-state index >= 15 is 0 Å². The molecule has 0 atom stereocenters. The number of benzene rings is 1. The van der Waals surface area contributed by atoms with Crippen molar-refractivity contribution < 1.29 is 4.39 Å². The van der Waals surface area contributed by atoms with Gasteiger partial charge in [-0.05, 0) is 30.2 Å². The molecule has 0 radical (unpaired) electrons. The van der Waals surface area contributed by atoms with Crippen molar-refractivity contribution in [2.75, 3.05) is 5.32 Å². The van der Waals surface area contributed by atoms with E-state index in [-0.39, 0.29) is 5.82 Å². The van der Waals surface area contributed by atoms with Crippen molar-refractivity contribution >= 4 is 5.82 Å². The van der Waals surface area contributed by atoms with Gasteiger partial charge < -0.3 is 11.1 Å². The molecule has 4 nitrogen and oxygen atoms in total. The molecule has 0 amide bonds. The van der Waals surface area contributed by atoms with Gasteiger partial charge in [-0.25, -0.2) is 4.39 Å². The van der Waals surface area contributed by atoms with Gasteiger partial charge in [0, 0.05) is 18.7 Å².